The van der Waals surface area contributed by atoms with Crippen LogP contribution in [0.2, 0.25) is 5.02 Å². The monoisotopic (exact) mass is 398 g/mol. The summed E-state index contributed by atoms with van der Waals surface area (Å²) in [5, 5.41) is 8.65. The molecule has 1 aliphatic heterocycles. The van der Waals surface area contributed by atoms with Crippen LogP contribution in [0.5, 0.6) is 0 Å². The number of hydrogen-bond donors (Lipinski definition) is 4. The number of rotatable bonds is 4. The molecule has 8 nitrogen and oxygen atoms in total. The Morgan fingerprint density at radius 3 is 2.75 bits per heavy atom. The first-order chi connectivity index (χ1) is 13.4. The lowest BCUT2D eigenvalue weighted by Crippen LogP contribution is -2.32. The summed E-state index contributed by atoms with van der Waals surface area (Å²) in [7, 11) is 0. The molecule has 1 heterocycles. The molecule has 0 aromatic heterocycles. The van der Waals surface area contributed by atoms with Crippen molar-refractivity contribution in [1.29, 1.82) is 0 Å². The third-order valence-electron chi connectivity index (χ3n) is 3.94. The largest absolute Gasteiger partial charge is 0.369 e. The van der Waals surface area contributed by atoms with E-state index in [4.69, 9.17) is 17.3 Å². The van der Waals surface area contributed by atoms with Gasteiger partial charge in [0.2, 0.25) is 17.8 Å². The van der Waals surface area contributed by atoms with Crippen LogP contribution in [0.25, 0.3) is 0 Å². The molecule has 0 saturated heterocycles. The van der Waals surface area contributed by atoms with Gasteiger partial charge in [-0.15, -0.1) is 0 Å². The summed E-state index contributed by atoms with van der Waals surface area (Å²) in [6.45, 7) is 1.85. The number of carbonyl (C=O) groups is 2. The minimum Gasteiger partial charge on any atom is -0.369 e. The van der Waals surface area contributed by atoms with Gasteiger partial charge in [0.1, 0.15) is 6.04 Å². The number of amides is 2. The molecule has 1 aliphatic rings. The molecule has 1 atom stereocenters. The Morgan fingerprint density at radius 2 is 2.00 bits per heavy atom. The summed E-state index contributed by atoms with van der Waals surface area (Å²) < 4.78 is 0. The molecule has 28 heavy (non-hydrogen) atoms. The standard InChI is InChI=1S/C19H19ClN6O2/c1-11-7-8-12(20)9-14(11)23-16(27)10-15-17(28)25-19(24-15)26-18(21)22-13-5-3-2-4-6-13/h2-9,15H,10H2,1H3,(H,23,27)(H4,21,22,24,25,26,28)/t15-/m0/s1. The first kappa shape index (κ1) is 19.4. The van der Waals surface area contributed by atoms with E-state index in [1.54, 1.807) is 18.2 Å². The molecule has 2 amide bonds. The highest BCUT2D eigenvalue weighted by Gasteiger charge is 2.28. The predicted octanol–water partition coefficient (Wildman–Crippen LogP) is 2.26. The van der Waals surface area contributed by atoms with Crippen molar-refractivity contribution in [2.45, 2.75) is 19.4 Å². The average Bonchev–Trinajstić information content (AvgIpc) is 2.97. The van der Waals surface area contributed by atoms with Crippen LogP contribution in [0, 0.1) is 6.92 Å². The normalized spacial score (nSPS) is 16.4. The summed E-state index contributed by atoms with van der Waals surface area (Å²) in [6, 6.07) is 13.5. The lowest BCUT2D eigenvalue weighted by atomic mass is 10.1. The molecule has 3 rings (SSSR count). The van der Waals surface area contributed by atoms with Crippen molar-refractivity contribution in [3.63, 3.8) is 0 Å². The van der Waals surface area contributed by atoms with Crippen molar-refractivity contribution in [1.82, 2.24) is 5.32 Å². The summed E-state index contributed by atoms with van der Waals surface area (Å²) in [5.41, 5.74) is 8.03. The second-order valence-electron chi connectivity index (χ2n) is 6.16. The number of benzene rings is 2. The average molecular weight is 399 g/mol. The highest BCUT2D eigenvalue weighted by atomic mass is 35.5. The molecule has 144 valence electrons. The van der Waals surface area contributed by atoms with Crippen LogP contribution in [0.1, 0.15) is 12.0 Å². The van der Waals surface area contributed by atoms with Crippen molar-refractivity contribution in [3.8, 4) is 0 Å². The van der Waals surface area contributed by atoms with Gasteiger partial charge in [-0.05, 0) is 36.8 Å². The van der Waals surface area contributed by atoms with E-state index in [1.807, 2.05) is 37.3 Å². The molecule has 2 aromatic carbocycles. The smallest absolute Gasteiger partial charge is 0.252 e. The van der Waals surface area contributed by atoms with Gasteiger partial charge in [-0.2, -0.15) is 4.99 Å². The predicted molar refractivity (Wildman–Crippen MR) is 110 cm³/mol. The van der Waals surface area contributed by atoms with Crippen molar-refractivity contribution < 1.29 is 9.59 Å². The van der Waals surface area contributed by atoms with Crippen LogP contribution in [-0.2, 0) is 9.59 Å². The molecule has 0 saturated carbocycles. The molecule has 0 bridgehead atoms. The maximum Gasteiger partial charge on any atom is 0.252 e. The minimum absolute atomic E-state index is 0.0580. The number of guanidine groups is 2. The molecule has 5 N–H and O–H groups in total. The zero-order valence-corrected chi connectivity index (χ0v) is 15.8. The topological polar surface area (TPSA) is 121 Å². The summed E-state index contributed by atoms with van der Waals surface area (Å²) in [6.07, 6.45) is -0.122. The summed E-state index contributed by atoms with van der Waals surface area (Å²) in [4.78, 5) is 32.5. The van der Waals surface area contributed by atoms with Gasteiger partial charge in [-0.3, -0.25) is 14.9 Å². The van der Waals surface area contributed by atoms with Gasteiger partial charge in [0.15, 0.2) is 0 Å². The first-order valence-electron chi connectivity index (χ1n) is 8.51. The summed E-state index contributed by atoms with van der Waals surface area (Å²) in [5.74, 6) is -0.633. The van der Waals surface area contributed by atoms with Crippen LogP contribution < -0.4 is 21.7 Å². The van der Waals surface area contributed by atoms with E-state index < -0.39 is 11.9 Å². The second-order valence-corrected chi connectivity index (χ2v) is 6.59. The van der Waals surface area contributed by atoms with Gasteiger partial charge in [0.05, 0.1) is 6.42 Å². The molecule has 0 radical (unpaired) electrons. The molecule has 0 fully saturated rings. The Balaban J connectivity index is 1.62. The third kappa shape index (κ3) is 5.08. The SMILES string of the molecule is Cc1ccc(Cl)cc1NC(=O)C[C@@H]1N=C(N=C(N)Nc2ccccc2)NC1=O. The van der Waals surface area contributed by atoms with E-state index in [2.05, 4.69) is 25.9 Å². The number of aliphatic imine (C=N–C) groups is 2. The van der Waals surface area contributed by atoms with E-state index in [9.17, 15) is 9.59 Å². The highest BCUT2D eigenvalue weighted by molar-refractivity contribution is 6.31. The van der Waals surface area contributed by atoms with E-state index in [0.29, 0.717) is 10.7 Å². The number of carbonyl (C=O) groups excluding carboxylic acids is 2. The van der Waals surface area contributed by atoms with Crippen LogP contribution in [0.3, 0.4) is 0 Å². The molecular weight excluding hydrogens is 380 g/mol. The molecular formula is C19H19ClN6O2. The number of aryl methyl sites for hydroxylation is 1. The van der Waals surface area contributed by atoms with Crippen LogP contribution in [0.4, 0.5) is 11.4 Å². The van der Waals surface area contributed by atoms with E-state index in [0.717, 1.165) is 11.3 Å². The van der Waals surface area contributed by atoms with Crippen molar-refractivity contribution >= 4 is 46.7 Å². The number of hydrogen-bond acceptors (Lipinski definition) is 4. The highest BCUT2D eigenvalue weighted by Crippen LogP contribution is 2.20. The number of nitrogens with zero attached hydrogens (tertiary/aromatic N) is 2. The summed E-state index contributed by atoms with van der Waals surface area (Å²) >= 11 is 5.95. The molecule has 9 heteroatoms. The van der Waals surface area contributed by atoms with E-state index >= 15 is 0 Å². The fourth-order valence-corrected chi connectivity index (χ4v) is 2.72. The number of para-hydroxylation sites is 1. The molecule has 0 aliphatic carbocycles. The molecule has 2 aromatic rings. The Bertz CT molecular complexity index is 958. The number of anilines is 2. The number of nitrogens with one attached hydrogen (secondary N) is 3. The molecule has 0 unspecified atom stereocenters. The zero-order chi connectivity index (χ0) is 20.1. The quantitative estimate of drug-likeness (QED) is 0.466. The van der Waals surface area contributed by atoms with Gasteiger partial charge in [-0.25, -0.2) is 4.99 Å². The molecule has 0 spiro atoms. The van der Waals surface area contributed by atoms with Gasteiger partial charge < -0.3 is 16.4 Å². The van der Waals surface area contributed by atoms with E-state index in [1.165, 1.54) is 0 Å². The van der Waals surface area contributed by atoms with Crippen LogP contribution in [0.15, 0.2) is 58.5 Å². The Kier molecular flexibility index (Phi) is 5.90. The van der Waals surface area contributed by atoms with Gasteiger partial charge in [0, 0.05) is 16.4 Å². The van der Waals surface area contributed by atoms with E-state index in [-0.39, 0.29) is 24.2 Å². The van der Waals surface area contributed by atoms with Crippen LogP contribution >= 0.6 is 11.6 Å². The fraction of sp³-hybridized carbons (Fsp3) is 0.158. The Morgan fingerprint density at radius 1 is 1.25 bits per heavy atom. The lowest BCUT2D eigenvalue weighted by Gasteiger charge is -2.09. The zero-order valence-electron chi connectivity index (χ0n) is 15.1. The number of halogens is 1. The maximum atomic E-state index is 12.3. The lowest BCUT2D eigenvalue weighted by molar-refractivity contribution is -0.123. The maximum absolute atomic E-state index is 12.3. The van der Waals surface area contributed by atoms with Gasteiger partial charge in [0.25, 0.3) is 5.91 Å². The first-order valence-corrected chi connectivity index (χ1v) is 8.89. The minimum atomic E-state index is -0.872. The second kappa shape index (κ2) is 8.53. The number of nitrogens with two attached hydrogens (primary N) is 1. The van der Waals surface area contributed by atoms with Gasteiger partial charge in [-0.1, -0.05) is 35.9 Å². The fourth-order valence-electron chi connectivity index (χ4n) is 2.54. The Hall–Kier alpha value is -3.39. The Labute approximate surface area is 166 Å². The third-order valence-corrected chi connectivity index (χ3v) is 4.18. The van der Waals surface area contributed by atoms with Gasteiger partial charge >= 0.3 is 0 Å². The van der Waals surface area contributed by atoms with Crippen molar-refractivity contribution in [2.24, 2.45) is 15.7 Å². The van der Waals surface area contributed by atoms with Crippen molar-refractivity contribution in [2.75, 3.05) is 10.6 Å². The van der Waals surface area contributed by atoms with Crippen LogP contribution in [-0.4, -0.2) is 29.8 Å². The van der Waals surface area contributed by atoms with Crippen molar-refractivity contribution in [3.05, 3.63) is 59.1 Å².